The Hall–Kier alpha value is -2.88. The van der Waals surface area contributed by atoms with E-state index in [9.17, 15) is 4.79 Å². The topological polar surface area (TPSA) is 118 Å². The van der Waals surface area contributed by atoms with Crippen molar-refractivity contribution in [3.63, 3.8) is 0 Å². The first-order valence-electron chi connectivity index (χ1n) is 7.10. The number of nitriles is 1. The number of carbonyl (C=O) groups excluding carboxylic acids is 1. The zero-order chi connectivity index (χ0) is 15.9. The summed E-state index contributed by atoms with van der Waals surface area (Å²) in [5.74, 6) is -0.478. The molecule has 1 amide bonds. The number of para-hydroxylation sites is 1. The van der Waals surface area contributed by atoms with E-state index in [-0.39, 0.29) is 11.6 Å². The first-order valence-corrected chi connectivity index (χ1v) is 7.10. The van der Waals surface area contributed by atoms with Crippen molar-refractivity contribution < 1.29 is 4.79 Å². The van der Waals surface area contributed by atoms with Gasteiger partial charge >= 0.3 is 0 Å². The van der Waals surface area contributed by atoms with Crippen molar-refractivity contribution in [2.45, 2.75) is 19.3 Å². The molecule has 1 aromatic rings. The Morgan fingerprint density at radius 1 is 1.32 bits per heavy atom. The molecule has 7 heteroatoms. The highest BCUT2D eigenvalue weighted by Crippen LogP contribution is 2.20. The molecule has 4 N–H and O–H groups in total. The molecule has 1 saturated heterocycles. The number of nitrogens with one attached hydrogen (secondary N) is 2. The number of benzene rings is 1. The summed E-state index contributed by atoms with van der Waals surface area (Å²) in [7, 11) is 0. The van der Waals surface area contributed by atoms with Crippen LogP contribution >= 0.6 is 0 Å². The van der Waals surface area contributed by atoms with Crippen molar-refractivity contribution in [1.82, 2.24) is 4.90 Å². The molecule has 7 nitrogen and oxygen atoms in total. The Balaban J connectivity index is 2.21. The average molecular weight is 298 g/mol. The fourth-order valence-corrected chi connectivity index (χ4v) is 2.30. The minimum absolute atomic E-state index is 0.0562. The van der Waals surface area contributed by atoms with E-state index in [1.54, 1.807) is 30.3 Å². The molecule has 1 aliphatic rings. The van der Waals surface area contributed by atoms with E-state index in [1.807, 2.05) is 4.90 Å². The molecule has 1 aromatic carbocycles. The zero-order valence-electron chi connectivity index (χ0n) is 12.2. The van der Waals surface area contributed by atoms with Gasteiger partial charge in [0.1, 0.15) is 6.07 Å². The summed E-state index contributed by atoms with van der Waals surface area (Å²) >= 11 is 0. The number of amides is 1. The molecule has 0 radical (unpaired) electrons. The summed E-state index contributed by atoms with van der Waals surface area (Å²) in [5, 5.41) is 19.9. The number of carbonyl (C=O) groups is 1. The van der Waals surface area contributed by atoms with Gasteiger partial charge < -0.3 is 10.6 Å². The molecule has 0 spiro atoms. The van der Waals surface area contributed by atoms with Gasteiger partial charge in [0.05, 0.1) is 11.3 Å². The summed E-state index contributed by atoms with van der Waals surface area (Å²) < 4.78 is 0. The maximum absolute atomic E-state index is 12.6. The minimum atomic E-state index is -0.421. The molecule has 2 rings (SSSR count). The number of likely N-dealkylation sites (tertiary alicyclic amines) is 1. The Labute approximate surface area is 128 Å². The molecule has 1 fully saturated rings. The van der Waals surface area contributed by atoms with E-state index in [1.165, 1.54) is 0 Å². The van der Waals surface area contributed by atoms with E-state index < -0.39 is 5.84 Å². The van der Waals surface area contributed by atoms with Gasteiger partial charge in [-0.1, -0.05) is 12.1 Å². The van der Waals surface area contributed by atoms with Gasteiger partial charge in [-0.2, -0.15) is 10.4 Å². The van der Waals surface area contributed by atoms with Crippen LogP contribution in [0.5, 0.6) is 0 Å². The third-order valence-electron chi connectivity index (χ3n) is 3.45. The van der Waals surface area contributed by atoms with E-state index in [0.717, 1.165) is 32.4 Å². The second kappa shape index (κ2) is 7.22. The summed E-state index contributed by atoms with van der Waals surface area (Å²) in [6.07, 6.45) is 3.18. The predicted octanol–water partition coefficient (Wildman–Crippen LogP) is 1.54. The second-order valence-electron chi connectivity index (χ2n) is 5.00. The van der Waals surface area contributed by atoms with Crippen molar-refractivity contribution in [3.05, 3.63) is 29.8 Å². The van der Waals surface area contributed by atoms with Gasteiger partial charge in [-0.15, -0.1) is 0 Å². The lowest BCUT2D eigenvalue weighted by atomic mass is 10.1. The monoisotopic (exact) mass is 298 g/mol. The van der Waals surface area contributed by atoms with Crippen LogP contribution in [0.25, 0.3) is 0 Å². The van der Waals surface area contributed by atoms with Gasteiger partial charge in [-0.05, 0) is 31.4 Å². The normalized spacial score (nSPS) is 15.0. The molecule has 0 atom stereocenters. The molecular formula is C15H18N6O. The molecule has 0 aliphatic carbocycles. The van der Waals surface area contributed by atoms with Gasteiger partial charge in [0.25, 0.3) is 5.91 Å². The summed E-state index contributed by atoms with van der Waals surface area (Å²) in [5.41, 5.74) is 8.67. The molecule has 0 unspecified atom stereocenters. The second-order valence-corrected chi connectivity index (χ2v) is 5.00. The summed E-state index contributed by atoms with van der Waals surface area (Å²) in [6, 6.07) is 8.70. The van der Waals surface area contributed by atoms with Gasteiger partial charge in [0.15, 0.2) is 5.84 Å². The first-order chi connectivity index (χ1) is 10.6. The molecule has 1 heterocycles. The van der Waals surface area contributed by atoms with Crippen molar-refractivity contribution in [2.75, 3.05) is 18.5 Å². The molecule has 0 saturated carbocycles. The molecular weight excluding hydrogens is 280 g/mol. The number of anilines is 1. The Bertz CT molecular complexity index is 640. The molecule has 0 bridgehead atoms. The highest BCUT2D eigenvalue weighted by atomic mass is 16.2. The van der Waals surface area contributed by atoms with Crippen LogP contribution in [0.3, 0.4) is 0 Å². The van der Waals surface area contributed by atoms with E-state index in [2.05, 4.69) is 10.5 Å². The Morgan fingerprint density at radius 2 is 2.00 bits per heavy atom. The van der Waals surface area contributed by atoms with Crippen LogP contribution in [0.15, 0.2) is 29.4 Å². The lowest BCUT2D eigenvalue weighted by molar-refractivity contribution is 0.0725. The summed E-state index contributed by atoms with van der Waals surface area (Å²) in [6.45, 7) is 1.51. The van der Waals surface area contributed by atoms with Crippen LogP contribution in [-0.4, -0.2) is 35.4 Å². The van der Waals surface area contributed by atoms with Gasteiger partial charge in [0, 0.05) is 13.1 Å². The van der Waals surface area contributed by atoms with Gasteiger partial charge in [0.2, 0.25) is 5.71 Å². The highest BCUT2D eigenvalue weighted by molar-refractivity contribution is 6.45. The van der Waals surface area contributed by atoms with Crippen LogP contribution < -0.4 is 11.2 Å². The smallest absolute Gasteiger partial charge is 0.256 e. The van der Waals surface area contributed by atoms with Crippen molar-refractivity contribution in [2.24, 2.45) is 10.8 Å². The highest BCUT2D eigenvalue weighted by Gasteiger charge is 2.20. The summed E-state index contributed by atoms with van der Waals surface area (Å²) in [4.78, 5) is 14.4. The van der Waals surface area contributed by atoms with Crippen LogP contribution in [0.1, 0.15) is 29.6 Å². The number of piperidine rings is 1. The van der Waals surface area contributed by atoms with Crippen LogP contribution in [0, 0.1) is 16.7 Å². The fourth-order valence-electron chi connectivity index (χ4n) is 2.30. The van der Waals surface area contributed by atoms with E-state index >= 15 is 0 Å². The van der Waals surface area contributed by atoms with Crippen LogP contribution in [0.4, 0.5) is 5.69 Å². The lowest BCUT2D eigenvalue weighted by Crippen LogP contribution is -2.35. The van der Waals surface area contributed by atoms with E-state index in [4.69, 9.17) is 16.4 Å². The number of nitrogens with zero attached hydrogens (tertiary/aromatic N) is 3. The Kier molecular flexibility index (Phi) is 5.09. The number of hydrogen-bond donors (Lipinski definition) is 3. The quantitative estimate of drug-likeness (QED) is 0.444. The number of hydrazone groups is 1. The maximum atomic E-state index is 12.6. The molecule has 0 aromatic heterocycles. The SMILES string of the molecule is N#C/C(=N\Nc1ccccc1C(=O)N1CCCCC1)C(=N)N. The fraction of sp³-hybridized carbons (Fsp3) is 0.333. The largest absolute Gasteiger partial charge is 0.382 e. The average Bonchev–Trinajstić information content (AvgIpc) is 2.55. The number of hydrogen-bond acceptors (Lipinski definition) is 5. The Morgan fingerprint density at radius 3 is 2.64 bits per heavy atom. The lowest BCUT2D eigenvalue weighted by Gasteiger charge is -2.27. The van der Waals surface area contributed by atoms with Crippen LogP contribution in [-0.2, 0) is 0 Å². The van der Waals surface area contributed by atoms with Crippen LogP contribution in [0.2, 0.25) is 0 Å². The standard InChI is InChI=1S/C15H18N6O/c16-10-13(14(17)18)20-19-12-7-3-2-6-11(12)15(22)21-8-4-1-5-9-21/h2-3,6-7,19H,1,4-5,8-9H2,(H3,17,18)/b20-13+. The first kappa shape index (κ1) is 15.5. The maximum Gasteiger partial charge on any atom is 0.256 e. The van der Waals surface area contributed by atoms with Crippen molar-refractivity contribution in [3.8, 4) is 6.07 Å². The predicted molar refractivity (Wildman–Crippen MR) is 84.8 cm³/mol. The van der Waals surface area contributed by atoms with Gasteiger partial charge in [-0.3, -0.25) is 15.6 Å². The van der Waals surface area contributed by atoms with Crippen molar-refractivity contribution >= 4 is 23.1 Å². The number of amidine groups is 1. The number of rotatable bonds is 4. The van der Waals surface area contributed by atoms with Crippen molar-refractivity contribution in [1.29, 1.82) is 10.7 Å². The number of nitrogens with two attached hydrogens (primary N) is 1. The zero-order valence-corrected chi connectivity index (χ0v) is 12.2. The minimum Gasteiger partial charge on any atom is -0.382 e. The molecule has 114 valence electrons. The van der Waals surface area contributed by atoms with E-state index in [0.29, 0.717) is 11.3 Å². The third kappa shape index (κ3) is 3.61. The third-order valence-corrected chi connectivity index (χ3v) is 3.45. The van der Waals surface area contributed by atoms with Gasteiger partial charge in [-0.25, -0.2) is 0 Å². The molecule has 1 aliphatic heterocycles. The molecule has 22 heavy (non-hydrogen) atoms.